The van der Waals surface area contributed by atoms with E-state index < -0.39 is 0 Å². The van der Waals surface area contributed by atoms with Crippen LogP contribution < -0.4 is 10.1 Å². The molecule has 0 unspecified atom stereocenters. The van der Waals surface area contributed by atoms with E-state index in [-0.39, 0.29) is 12.0 Å². The number of carbonyl (C=O) groups is 1. The van der Waals surface area contributed by atoms with E-state index in [0.717, 1.165) is 20.7 Å². The van der Waals surface area contributed by atoms with Gasteiger partial charge in [0.2, 0.25) is 0 Å². The highest BCUT2D eigenvalue weighted by molar-refractivity contribution is 7.17. The summed E-state index contributed by atoms with van der Waals surface area (Å²) in [6.45, 7) is 5.91. The lowest BCUT2D eigenvalue weighted by atomic mass is 10.1. The maximum atomic E-state index is 12.4. The van der Waals surface area contributed by atoms with E-state index in [4.69, 9.17) is 4.74 Å². The quantitative estimate of drug-likeness (QED) is 0.753. The van der Waals surface area contributed by atoms with Gasteiger partial charge in [0.1, 0.15) is 5.75 Å². The number of hydrogen-bond acceptors (Lipinski definition) is 5. The van der Waals surface area contributed by atoms with Crippen LogP contribution in [0.2, 0.25) is 0 Å². The van der Waals surface area contributed by atoms with E-state index in [1.165, 1.54) is 11.3 Å². The fourth-order valence-corrected chi connectivity index (χ4v) is 3.60. The van der Waals surface area contributed by atoms with Crippen LogP contribution in [0.4, 0.5) is 5.13 Å². The summed E-state index contributed by atoms with van der Waals surface area (Å²) in [5.41, 5.74) is 0.582. The largest absolute Gasteiger partial charge is 0.490 e. The van der Waals surface area contributed by atoms with Gasteiger partial charge >= 0.3 is 0 Å². The van der Waals surface area contributed by atoms with Crippen molar-refractivity contribution < 1.29 is 9.53 Å². The Morgan fingerprint density at radius 3 is 2.86 bits per heavy atom. The third-order valence-corrected chi connectivity index (χ3v) is 4.69. The number of nitrogens with zero attached hydrogens (tertiary/aromatic N) is 1. The Hall–Kier alpha value is -1.92. The molecule has 1 N–H and O–H groups in total. The number of thiazole rings is 1. The van der Waals surface area contributed by atoms with E-state index in [0.29, 0.717) is 10.7 Å². The number of aromatic nitrogens is 1. The van der Waals surface area contributed by atoms with Gasteiger partial charge in [0.05, 0.1) is 6.10 Å². The molecule has 0 bridgehead atoms. The third kappa shape index (κ3) is 3.13. The first-order valence-corrected chi connectivity index (χ1v) is 8.64. The molecule has 3 rings (SSSR count). The summed E-state index contributed by atoms with van der Waals surface area (Å²) in [5.74, 6) is 0.576. The van der Waals surface area contributed by atoms with E-state index >= 15 is 0 Å². The van der Waals surface area contributed by atoms with Crippen LogP contribution in [0.15, 0.2) is 29.8 Å². The first-order chi connectivity index (χ1) is 10.5. The van der Waals surface area contributed by atoms with Crippen LogP contribution in [-0.4, -0.2) is 17.0 Å². The van der Waals surface area contributed by atoms with Crippen LogP contribution in [0.1, 0.15) is 29.1 Å². The van der Waals surface area contributed by atoms with Gasteiger partial charge in [-0.1, -0.05) is 0 Å². The van der Waals surface area contributed by atoms with Crippen LogP contribution in [-0.2, 0) is 0 Å². The molecule has 0 aliphatic carbocycles. The van der Waals surface area contributed by atoms with Gasteiger partial charge < -0.3 is 4.74 Å². The molecule has 114 valence electrons. The second kappa shape index (κ2) is 6.06. The number of aryl methyl sites for hydroxylation is 1. The summed E-state index contributed by atoms with van der Waals surface area (Å²) >= 11 is 3.06. The van der Waals surface area contributed by atoms with Crippen LogP contribution in [0.5, 0.6) is 5.75 Å². The lowest BCUT2D eigenvalue weighted by Crippen LogP contribution is -2.12. The second-order valence-electron chi connectivity index (χ2n) is 5.20. The zero-order chi connectivity index (χ0) is 15.7. The SMILES string of the molecule is Cc1cnc(NC(=O)c2cc(OC(C)C)c3ccsc3c2)s1. The van der Waals surface area contributed by atoms with Crippen LogP contribution >= 0.6 is 22.7 Å². The van der Waals surface area contributed by atoms with Gasteiger partial charge in [-0.2, -0.15) is 0 Å². The van der Waals surface area contributed by atoms with E-state index in [1.54, 1.807) is 23.6 Å². The predicted octanol–water partition coefficient (Wildman–Crippen LogP) is 4.71. The maximum Gasteiger partial charge on any atom is 0.257 e. The number of thiophene rings is 1. The lowest BCUT2D eigenvalue weighted by Gasteiger charge is -2.12. The Morgan fingerprint density at radius 2 is 2.18 bits per heavy atom. The number of anilines is 1. The van der Waals surface area contributed by atoms with E-state index in [9.17, 15) is 4.79 Å². The van der Waals surface area contributed by atoms with Crippen LogP contribution in [0, 0.1) is 6.92 Å². The van der Waals surface area contributed by atoms with E-state index in [2.05, 4.69) is 10.3 Å². The second-order valence-corrected chi connectivity index (χ2v) is 7.39. The molecule has 0 atom stereocenters. The molecule has 2 aromatic heterocycles. The number of hydrogen-bond donors (Lipinski definition) is 1. The molecule has 22 heavy (non-hydrogen) atoms. The molecule has 6 heteroatoms. The number of rotatable bonds is 4. The highest BCUT2D eigenvalue weighted by Crippen LogP contribution is 2.32. The van der Waals surface area contributed by atoms with Crippen molar-refractivity contribution in [1.29, 1.82) is 0 Å². The van der Waals surface area contributed by atoms with E-state index in [1.807, 2.05) is 38.3 Å². The molecule has 1 amide bonds. The molecule has 3 aromatic rings. The van der Waals surface area contributed by atoms with Crippen molar-refractivity contribution in [3.8, 4) is 5.75 Å². The average Bonchev–Trinajstić information content (AvgIpc) is 3.06. The Balaban J connectivity index is 1.94. The molecule has 2 heterocycles. The highest BCUT2D eigenvalue weighted by atomic mass is 32.1. The average molecular weight is 332 g/mol. The minimum Gasteiger partial charge on any atom is -0.490 e. The van der Waals surface area contributed by atoms with Gasteiger partial charge in [-0.15, -0.1) is 22.7 Å². The van der Waals surface area contributed by atoms with Gasteiger partial charge in [-0.3, -0.25) is 10.1 Å². The van der Waals surface area contributed by atoms with Crippen molar-refractivity contribution in [3.63, 3.8) is 0 Å². The van der Waals surface area contributed by atoms with Crippen molar-refractivity contribution in [3.05, 3.63) is 40.2 Å². The molecular formula is C16H16N2O2S2. The smallest absolute Gasteiger partial charge is 0.257 e. The number of nitrogens with one attached hydrogen (secondary N) is 1. The topological polar surface area (TPSA) is 51.2 Å². The molecule has 4 nitrogen and oxygen atoms in total. The minimum atomic E-state index is -0.168. The molecule has 0 spiro atoms. The molecule has 1 aromatic carbocycles. The van der Waals surface area contributed by atoms with Crippen molar-refractivity contribution in [1.82, 2.24) is 4.98 Å². The number of fused-ring (bicyclic) bond motifs is 1. The Labute approximate surface area is 136 Å². The summed E-state index contributed by atoms with van der Waals surface area (Å²) in [4.78, 5) is 17.7. The van der Waals surface area contributed by atoms with Gasteiger partial charge in [0.15, 0.2) is 5.13 Å². The fourth-order valence-electron chi connectivity index (χ4n) is 2.10. The Morgan fingerprint density at radius 1 is 1.36 bits per heavy atom. The number of ether oxygens (including phenoxy) is 1. The van der Waals surface area contributed by atoms with Gasteiger partial charge in [0, 0.05) is 26.7 Å². The summed E-state index contributed by atoms with van der Waals surface area (Å²) in [6, 6.07) is 5.71. The summed E-state index contributed by atoms with van der Waals surface area (Å²) in [7, 11) is 0. The number of carbonyl (C=O) groups excluding carboxylic acids is 1. The van der Waals surface area contributed by atoms with Crippen molar-refractivity contribution >= 4 is 43.8 Å². The zero-order valence-corrected chi connectivity index (χ0v) is 14.2. The normalized spacial score (nSPS) is 11.1. The number of amides is 1. The van der Waals surface area contributed by atoms with Crippen LogP contribution in [0.3, 0.4) is 0 Å². The molecule has 0 fully saturated rings. The molecule has 0 radical (unpaired) electrons. The van der Waals surface area contributed by atoms with Crippen LogP contribution in [0.25, 0.3) is 10.1 Å². The Bertz CT molecular complexity index is 821. The Kier molecular flexibility index (Phi) is 4.13. The maximum absolute atomic E-state index is 12.4. The molecule has 0 saturated heterocycles. The van der Waals surface area contributed by atoms with Gasteiger partial charge in [-0.25, -0.2) is 4.98 Å². The zero-order valence-electron chi connectivity index (χ0n) is 12.5. The summed E-state index contributed by atoms with van der Waals surface area (Å²) < 4.78 is 6.88. The summed E-state index contributed by atoms with van der Waals surface area (Å²) in [6.07, 6.45) is 1.80. The van der Waals surface area contributed by atoms with Crippen molar-refractivity contribution in [2.75, 3.05) is 5.32 Å². The first-order valence-electron chi connectivity index (χ1n) is 6.94. The summed E-state index contributed by atoms with van der Waals surface area (Å²) in [5, 5.41) is 6.49. The first kappa shape index (κ1) is 15.0. The fraction of sp³-hybridized carbons (Fsp3) is 0.250. The lowest BCUT2D eigenvalue weighted by molar-refractivity contribution is 0.102. The number of benzene rings is 1. The predicted molar refractivity (Wildman–Crippen MR) is 92.4 cm³/mol. The van der Waals surface area contributed by atoms with Crippen molar-refractivity contribution in [2.24, 2.45) is 0 Å². The molecule has 0 aliphatic rings. The molecule has 0 saturated carbocycles. The van der Waals surface area contributed by atoms with Gasteiger partial charge in [-0.05, 0) is 44.4 Å². The molecular weight excluding hydrogens is 316 g/mol. The van der Waals surface area contributed by atoms with Gasteiger partial charge in [0.25, 0.3) is 5.91 Å². The molecule has 0 aliphatic heterocycles. The minimum absolute atomic E-state index is 0.0584. The highest BCUT2D eigenvalue weighted by Gasteiger charge is 2.14. The standard InChI is InChI=1S/C16H16N2O2S2/c1-9(2)20-13-6-11(7-14-12(13)4-5-21-14)15(19)18-16-17-8-10(3)22-16/h4-9H,1-3H3,(H,17,18,19). The van der Waals surface area contributed by atoms with Crippen molar-refractivity contribution in [2.45, 2.75) is 26.9 Å². The third-order valence-electron chi connectivity index (χ3n) is 3.00. The monoisotopic (exact) mass is 332 g/mol.